The molecule has 0 aliphatic carbocycles. The van der Waals surface area contributed by atoms with E-state index in [0.29, 0.717) is 25.1 Å². The van der Waals surface area contributed by atoms with Crippen molar-refractivity contribution >= 4 is 11.7 Å². The van der Waals surface area contributed by atoms with Gasteiger partial charge in [-0.05, 0) is 30.9 Å². The largest absolute Gasteiger partial charge is 0.481 e. The first-order chi connectivity index (χ1) is 8.60. The molecule has 18 heavy (non-hydrogen) atoms. The summed E-state index contributed by atoms with van der Waals surface area (Å²) in [6.07, 6.45) is 1.79. The van der Waals surface area contributed by atoms with Gasteiger partial charge in [0.05, 0.1) is 11.5 Å². The molecule has 0 amide bonds. The molecule has 1 saturated heterocycles. The zero-order valence-corrected chi connectivity index (χ0v) is 10.6. The highest BCUT2D eigenvalue weighted by atomic mass is 16.5. The number of hydrogen-bond donors (Lipinski definition) is 2. The molecule has 3 N–H and O–H groups in total. The summed E-state index contributed by atoms with van der Waals surface area (Å²) in [6, 6.07) is 7.25. The number of nitrogen functional groups attached to an aromatic ring is 1. The summed E-state index contributed by atoms with van der Waals surface area (Å²) in [5.41, 5.74) is 6.33. The molecular weight excluding hydrogens is 230 g/mol. The van der Waals surface area contributed by atoms with Crippen molar-refractivity contribution in [2.24, 2.45) is 0 Å². The summed E-state index contributed by atoms with van der Waals surface area (Å²) in [5.74, 6) is -0.804. The second kappa shape index (κ2) is 4.98. The Morgan fingerprint density at radius 3 is 2.89 bits per heavy atom. The molecule has 1 heterocycles. The molecule has 1 aliphatic rings. The third-order valence-electron chi connectivity index (χ3n) is 3.80. The van der Waals surface area contributed by atoms with Gasteiger partial charge in [0.2, 0.25) is 0 Å². The van der Waals surface area contributed by atoms with E-state index >= 15 is 0 Å². The maximum atomic E-state index is 11.8. The Labute approximate surface area is 107 Å². The van der Waals surface area contributed by atoms with Gasteiger partial charge in [0, 0.05) is 12.3 Å². The molecular formula is C14H19NO3. The summed E-state index contributed by atoms with van der Waals surface area (Å²) in [4.78, 5) is 11.8. The Morgan fingerprint density at radius 1 is 1.56 bits per heavy atom. The number of rotatable bonds is 3. The van der Waals surface area contributed by atoms with Crippen molar-refractivity contribution in [1.29, 1.82) is 0 Å². The van der Waals surface area contributed by atoms with Gasteiger partial charge in [-0.15, -0.1) is 0 Å². The first-order valence-electron chi connectivity index (χ1n) is 6.30. The molecule has 2 rings (SSSR count). The molecule has 1 aliphatic heterocycles. The first kappa shape index (κ1) is 12.9. The van der Waals surface area contributed by atoms with E-state index in [0.717, 1.165) is 12.0 Å². The van der Waals surface area contributed by atoms with Crippen LogP contribution in [0.4, 0.5) is 5.69 Å². The smallest absolute Gasteiger partial charge is 0.314 e. The molecule has 0 bridgehead atoms. The Bertz CT molecular complexity index is 446. The van der Waals surface area contributed by atoms with E-state index in [9.17, 15) is 9.90 Å². The number of aliphatic carboxylic acids is 1. The normalized spacial score (nSPS) is 27.9. The number of nitrogens with two attached hydrogens (primary N) is 1. The zero-order valence-electron chi connectivity index (χ0n) is 10.6. The lowest BCUT2D eigenvalue weighted by Gasteiger charge is -2.38. The second-order valence-electron chi connectivity index (χ2n) is 4.83. The predicted molar refractivity (Wildman–Crippen MR) is 69.4 cm³/mol. The molecule has 4 heteroatoms. The summed E-state index contributed by atoms with van der Waals surface area (Å²) >= 11 is 0. The van der Waals surface area contributed by atoms with E-state index in [1.54, 1.807) is 6.07 Å². The van der Waals surface area contributed by atoms with Crippen LogP contribution in [-0.2, 0) is 14.9 Å². The Morgan fingerprint density at radius 2 is 2.28 bits per heavy atom. The van der Waals surface area contributed by atoms with Crippen LogP contribution >= 0.6 is 0 Å². The Kier molecular flexibility index (Phi) is 3.57. The third-order valence-corrected chi connectivity index (χ3v) is 3.80. The molecule has 1 fully saturated rings. The van der Waals surface area contributed by atoms with Crippen molar-refractivity contribution in [2.45, 2.75) is 37.7 Å². The number of benzene rings is 1. The minimum atomic E-state index is -0.899. The Hall–Kier alpha value is -1.55. The van der Waals surface area contributed by atoms with Crippen molar-refractivity contribution < 1.29 is 14.6 Å². The molecule has 2 atom stereocenters. The van der Waals surface area contributed by atoms with Gasteiger partial charge < -0.3 is 15.6 Å². The van der Waals surface area contributed by atoms with Gasteiger partial charge in [-0.25, -0.2) is 0 Å². The minimum absolute atomic E-state index is 0.00513. The maximum absolute atomic E-state index is 11.8. The molecule has 0 aromatic heterocycles. The first-order valence-corrected chi connectivity index (χ1v) is 6.30. The molecule has 4 nitrogen and oxygen atoms in total. The quantitative estimate of drug-likeness (QED) is 0.805. The van der Waals surface area contributed by atoms with Gasteiger partial charge in [-0.1, -0.05) is 25.1 Å². The predicted octanol–water partition coefficient (Wildman–Crippen LogP) is 2.18. The van der Waals surface area contributed by atoms with E-state index in [-0.39, 0.29) is 6.10 Å². The number of ether oxygens (including phenoxy) is 1. The van der Waals surface area contributed by atoms with E-state index in [4.69, 9.17) is 10.5 Å². The third kappa shape index (κ3) is 2.08. The molecule has 1 aromatic rings. The van der Waals surface area contributed by atoms with Gasteiger partial charge in [0.15, 0.2) is 0 Å². The van der Waals surface area contributed by atoms with Gasteiger partial charge in [-0.2, -0.15) is 0 Å². The van der Waals surface area contributed by atoms with Crippen molar-refractivity contribution in [3.05, 3.63) is 29.8 Å². The monoisotopic (exact) mass is 249 g/mol. The molecule has 1 aromatic carbocycles. The highest BCUT2D eigenvalue weighted by Crippen LogP contribution is 2.40. The lowest BCUT2D eigenvalue weighted by Crippen LogP contribution is -2.45. The summed E-state index contributed by atoms with van der Waals surface area (Å²) in [5, 5.41) is 9.67. The van der Waals surface area contributed by atoms with Crippen molar-refractivity contribution in [2.75, 3.05) is 12.3 Å². The summed E-state index contributed by atoms with van der Waals surface area (Å²) in [6.45, 7) is 2.48. The zero-order chi connectivity index (χ0) is 13.2. The highest BCUT2D eigenvalue weighted by Gasteiger charge is 2.45. The average Bonchev–Trinajstić information content (AvgIpc) is 2.39. The highest BCUT2D eigenvalue weighted by molar-refractivity contribution is 5.84. The molecule has 0 spiro atoms. The summed E-state index contributed by atoms with van der Waals surface area (Å²) in [7, 11) is 0. The molecule has 98 valence electrons. The van der Waals surface area contributed by atoms with E-state index in [1.165, 1.54) is 0 Å². The lowest BCUT2D eigenvalue weighted by atomic mass is 9.71. The second-order valence-corrected chi connectivity index (χ2v) is 4.83. The van der Waals surface area contributed by atoms with Crippen LogP contribution < -0.4 is 5.73 Å². The minimum Gasteiger partial charge on any atom is -0.481 e. The van der Waals surface area contributed by atoms with Crippen LogP contribution in [0.2, 0.25) is 0 Å². The van der Waals surface area contributed by atoms with Crippen LogP contribution in [0.15, 0.2) is 24.3 Å². The number of carboxylic acid groups (broad SMARTS) is 1. The van der Waals surface area contributed by atoms with Crippen LogP contribution in [0.25, 0.3) is 0 Å². The fourth-order valence-electron chi connectivity index (χ4n) is 2.70. The number of anilines is 1. The van der Waals surface area contributed by atoms with E-state index in [1.807, 2.05) is 25.1 Å². The van der Waals surface area contributed by atoms with Gasteiger partial charge in [-0.3, -0.25) is 4.79 Å². The van der Waals surface area contributed by atoms with Crippen LogP contribution in [0, 0.1) is 0 Å². The van der Waals surface area contributed by atoms with Gasteiger partial charge in [0.25, 0.3) is 0 Å². The number of carbonyl (C=O) groups is 1. The van der Waals surface area contributed by atoms with Crippen LogP contribution in [0.3, 0.4) is 0 Å². The van der Waals surface area contributed by atoms with Crippen molar-refractivity contribution in [3.63, 3.8) is 0 Å². The van der Waals surface area contributed by atoms with Crippen LogP contribution in [0.5, 0.6) is 0 Å². The molecule has 0 radical (unpaired) electrons. The average molecular weight is 249 g/mol. The van der Waals surface area contributed by atoms with Gasteiger partial charge in [0.1, 0.15) is 0 Å². The topological polar surface area (TPSA) is 72.5 Å². The standard InChI is InChI=1S/C14H19NO3/c1-2-10-9-14(13(16)17,7-8-18-10)11-5-3-4-6-12(11)15/h3-6,10H,2,7-9,15H2,1H3,(H,16,17). The molecule has 0 saturated carbocycles. The van der Waals surface area contributed by atoms with E-state index < -0.39 is 11.4 Å². The number of carboxylic acids is 1. The van der Waals surface area contributed by atoms with Crippen molar-refractivity contribution in [1.82, 2.24) is 0 Å². The van der Waals surface area contributed by atoms with E-state index in [2.05, 4.69) is 0 Å². The maximum Gasteiger partial charge on any atom is 0.314 e. The Balaban J connectivity index is 2.44. The fourth-order valence-corrected chi connectivity index (χ4v) is 2.70. The number of para-hydroxylation sites is 1. The molecule has 2 unspecified atom stereocenters. The lowest BCUT2D eigenvalue weighted by molar-refractivity contribution is -0.150. The van der Waals surface area contributed by atoms with Crippen LogP contribution in [0.1, 0.15) is 31.7 Å². The summed E-state index contributed by atoms with van der Waals surface area (Å²) < 4.78 is 5.59. The van der Waals surface area contributed by atoms with Gasteiger partial charge >= 0.3 is 5.97 Å². The number of hydrogen-bond acceptors (Lipinski definition) is 3. The SMILES string of the molecule is CCC1CC(C(=O)O)(c2ccccc2N)CCO1. The van der Waals surface area contributed by atoms with Crippen molar-refractivity contribution in [3.8, 4) is 0 Å². The fraction of sp³-hybridized carbons (Fsp3) is 0.500. The van der Waals surface area contributed by atoms with Crippen LogP contribution in [-0.4, -0.2) is 23.8 Å².